The van der Waals surface area contributed by atoms with Gasteiger partial charge in [-0.05, 0) is 76.5 Å². The van der Waals surface area contributed by atoms with Crippen molar-refractivity contribution in [2.24, 2.45) is 0 Å². The highest BCUT2D eigenvalue weighted by molar-refractivity contribution is 7.80. The molecule has 0 bridgehead atoms. The third-order valence-corrected chi connectivity index (χ3v) is 6.27. The van der Waals surface area contributed by atoms with Gasteiger partial charge in [0.2, 0.25) is 0 Å². The molecule has 3 rings (SSSR count). The van der Waals surface area contributed by atoms with Gasteiger partial charge >= 0.3 is 0 Å². The summed E-state index contributed by atoms with van der Waals surface area (Å²) in [6, 6.07) is 6.45. The maximum absolute atomic E-state index is 5.61. The quantitative estimate of drug-likeness (QED) is 0.757. The number of nitrogens with one attached hydrogen (secondary N) is 2. The number of piperidine rings is 1. The van der Waals surface area contributed by atoms with Gasteiger partial charge in [0.15, 0.2) is 5.11 Å². The second-order valence-electron chi connectivity index (χ2n) is 7.96. The Balaban J connectivity index is 1.61. The summed E-state index contributed by atoms with van der Waals surface area (Å²) in [6.07, 6.45) is 10.8. The van der Waals surface area contributed by atoms with Gasteiger partial charge in [-0.2, -0.15) is 0 Å². The lowest BCUT2D eigenvalue weighted by molar-refractivity contribution is 0.0371. The van der Waals surface area contributed by atoms with Crippen LogP contribution in [0, 0.1) is 13.8 Å². The first-order valence-corrected chi connectivity index (χ1v) is 10.4. The maximum Gasteiger partial charge on any atom is 0.170 e. The molecule has 1 saturated heterocycles. The summed E-state index contributed by atoms with van der Waals surface area (Å²) in [6.45, 7) is 7.76. The molecule has 3 nitrogen and oxygen atoms in total. The molecule has 0 spiro atoms. The van der Waals surface area contributed by atoms with E-state index in [1.54, 1.807) is 0 Å². The highest BCUT2D eigenvalue weighted by Gasteiger charge is 2.38. The lowest BCUT2D eigenvalue weighted by Gasteiger charge is -2.48. The van der Waals surface area contributed by atoms with Gasteiger partial charge in [-0.1, -0.05) is 43.4 Å². The first-order chi connectivity index (χ1) is 12.1. The number of thiocarbonyl (C=S) groups is 1. The van der Waals surface area contributed by atoms with Crippen LogP contribution in [0.4, 0.5) is 5.69 Å². The molecular formula is C21H33N3S. The predicted octanol–water partition coefficient (Wildman–Crippen LogP) is 4.78. The normalized spacial score (nSPS) is 20.9. The Hall–Kier alpha value is -1.13. The largest absolute Gasteiger partial charge is 0.361 e. The first kappa shape index (κ1) is 18.7. The van der Waals surface area contributed by atoms with E-state index in [1.807, 2.05) is 0 Å². The number of aryl methyl sites for hydroxylation is 2. The van der Waals surface area contributed by atoms with Crippen LogP contribution >= 0.6 is 12.2 Å². The first-order valence-electron chi connectivity index (χ1n) is 9.96. The van der Waals surface area contributed by atoms with Crippen LogP contribution < -0.4 is 10.6 Å². The molecule has 4 heteroatoms. The molecule has 2 fully saturated rings. The van der Waals surface area contributed by atoms with Crippen molar-refractivity contribution < 1.29 is 0 Å². The van der Waals surface area contributed by atoms with Crippen LogP contribution in [-0.2, 0) is 0 Å². The number of rotatable bonds is 4. The standard InChI is InChI=1S/C21H33N3S/c1-17-9-10-19(18(2)15-17)23-20(25)22-16-21(11-5-3-6-12-21)24-13-7-4-8-14-24/h9-10,15H,3-8,11-14,16H2,1-2H3,(H2,22,23,25). The third-order valence-electron chi connectivity index (χ3n) is 6.02. The fraction of sp³-hybridized carbons (Fsp3) is 0.667. The smallest absolute Gasteiger partial charge is 0.170 e. The molecule has 2 N–H and O–H groups in total. The zero-order chi connectivity index (χ0) is 17.7. The minimum atomic E-state index is 0.312. The molecule has 1 aliphatic carbocycles. The molecule has 138 valence electrons. The number of likely N-dealkylation sites (tertiary alicyclic amines) is 1. The van der Waals surface area contributed by atoms with E-state index in [2.05, 4.69) is 47.6 Å². The van der Waals surface area contributed by atoms with E-state index in [4.69, 9.17) is 12.2 Å². The van der Waals surface area contributed by atoms with E-state index in [1.165, 1.54) is 75.6 Å². The minimum absolute atomic E-state index is 0.312. The monoisotopic (exact) mass is 359 g/mol. The molecule has 0 unspecified atom stereocenters. The van der Waals surface area contributed by atoms with Crippen molar-refractivity contribution in [3.05, 3.63) is 29.3 Å². The van der Waals surface area contributed by atoms with Crippen LogP contribution in [0.1, 0.15) is 62.5 Å². The molecule has 1 aromatic carbocycles. The molecule has 1 heterocycles. The summed E-state index contributed by atoms with van der Waals surface area (Å²) in [5.41, 5.74) is 3.95. The highest BCUT2D eigenvalue weighted by Crippen LogP contribution is 2.35. The summed E-state index contributed by atoms with van der Waals surface area (Å²) < 4.78 is 0. The fourth-order valence-corrected chi connectivity index (χ4v) is 4.73. The predicted molar refractivity (Wildman–Crippen MR) is 111 cm³/mol. The summed E-state index contributed by atoms with van der Waals surface area (Å²) in [4.78, 5) is 2.77. The van der Waals surface area contributed by atoms with Crippen molar-refractivity contribution in [1.82, 2.24) is 10.2 Å². The average Bonchev–Trinajstić information content (AvgIpc) is 2.64. The Morgan fingerprint density at radius 3 is 2.40 bits per heavy atom. The van der Waals surface area contributed by atoms with E-state index in [9.17, 15) is 0 Å². The van der Waals surface area contributed by atoms with Gasteiger partial charge in [-0.3, -0.25) is 4.90 Å². The molecule has 0 radical (unpaired) electrons. The molecule has 1 aromatic rings. The second kappa shape index (κ2) is 8.50. The van der Waals surface area contributed by atoms with E-state index >= 15 is 0 Å². The zero-order valence-electron chi connectivity index (χ0n) is 15.9. The summed E-state index contributed by atoms with van der Waals surface area (Å²) in [7, 11) is 0. The Morgan fingerprint density at radius 1 is 1.04 bits per heavy atom. The van der Waals surface area contributed by atoms with Gasteiger partial charge in [0.1, 0.15) is 0 Å². The second-order valence-corrected chi connectivity index (χ2v) is 8.37. The van der Waals surface area contributed by atoms with Crippen molar-refractivity contribution in [2.45, 2.75) is 70.8 Å². The molecule has 0 amide bonds. The van der Waals surface area contributed by atoms with E-state index in [0.29, 0.717) is 5.54 Å². The number of anilines is 1. The van der Waals surface area contributed by atoms with E-state index < -0.39 is 0 Å². The van der Waals surface area contributed by atoms with Gasteiger partial charge in [0.05, 0.1) is 0 Å². The van der Waals surface area contributed by atoms with E-state index in [0.717, 1.165) is 17.3 Å². The Morgan fingerprint density at radius 2 is 1.72 bits per heavy atom. The summed E-state index contributed by atoms with van der Waals surface area (Å²) >= 11 is 5.61. The van der Waals surface area contributed by atoms with Crippen molar-refractivity contribution in [3.8, 4) is 0 Å². The van der Waals surface area contributed by atoms with E-state index in [-0.39, 0.29) is 0 Å². The lowest BCUT2D eigenvalue weighted by atomic mass is 9.79. The zero-order valence-corrected chi connectivity index (χ0v) is 16.7. The van der Waals surface area contributed by atoms with Crippen LogP contribution in [-0.4, -0.2) is 35.2 Å². The van der Waals surface area contributed by atoms with Crippen LogP contribution in [0.3, 0.4) is 0 Å². The lowest BCUT2D eigenvalue weighted by Crippen LogP contribution is -2.58. The molecule has 25 heavy (non-hydrogen) atoms. The molecule has 2 aliphatic rings. The van der Waals surface area contributed by atoms with Crippen LogP contribution in [0.25, 0.3) is 0 Å². The van der Waals surface area contributed by atoms with Gasteiger partial charge in [-0.15, -0.1) is 0 Å². The van der Waals surface area contributed by atoms with Gasteiger partial charge < -0.3 is 10.6 Å². The molecule has 1 saturated carbocycles. The summed E-state index contributed by atoms with van der Waals surface area (Å²) in [5, 5.41) is 7.72. The molecular weight excluding hydrogens is 326 g/mol. The topological polar surface area (TPSA) is 27.3 Å². The van der Waals surface area contributed by atoms with Gasteiger partial charge in [-0.25, -0.2) is 0 Å². The Labute approximate surface area is 158 Å². The average molecular weight is 360 g/mol. The summed E-state index contributed by atoms with van der Waals surface area (Å²) in [5.74, 6) is 0. The molecule has 0 aromatic heterocycles. The van der Waals surface area contributed by atoms with Crippen LogP contribution in [0.15, 0.2) is 18.2 Å². The van der Waals surface area contributed by atoms with Crippen LogP contribution in [0.2, 0.25) is 0 Å². The number of hydrogen-bond donors (Lipinski definition) is 2. The molecule has 0 atom stereocenters. The number of benzene rings is 1. The number of nitrogens with zero attached hydrogens (tertiary/aromatic N) is 1. The van der Waals surface area contributed by atoms with Crippen LogP contribution in [0.5, 0.6) is 0 Å². The van der Waals surface area contributed by atoms with Crippen molar-refractivity contribution in [3.63, 3.8) is 0 Å². The minimum Gasteiger partial charge on any atom is -0.361 e. The highest BCUT2D eigenvalue weighted by atomic mass is 32.1. The van der Waals surface area contributed by atoms with Crippen molar-refractivity contribution in [2.75, 3.05) is 25.0 Å². The van der Waals surface area contributed by atoms with Crippen molar-refractivity contribution in [1.29, 1.82) is 0 Å². The maximum atomic E-state index is 5.61. The van der Waals surface area contributed by atoms with Gasteiger partial charge in [0.25, 0.3) is 0 Å². The Bertz CT molecular complexity index is 587. The Kier molecular flexibility index (Phi) is 6.34. The fourth-order valence-electron chi connectivity index (χ4n) is 4.55. The number of hydrogen-bond acceptors (Lipinski definition) is 2. The van der Waals surface area contributed by atoms with Gasteiger partial charge in [0, 0.05) is 17.8 Å². The van der Waals surface area contributed by atoms with Crippen molar-refractivity contribution >= 4 is 23.0 Å². The molecule has 1 aliphatic heterocycles. The SMILES string of the molecule is Cc1ccc(NC(=S)NCC2(N3CCCCC3)CCCCC2)c(C)c1. The third kappa shape index (κ3) is 4.73.